The highest BCUT2D eigenvalue weighted by Gasteiger charge is 2.27. The van der Waals surface area contributed by atoms with Crippen LogP contribution < -0.4 is 11.1 Å². The number of nitrogens with two attached hydrogens (primary N) is 1. The molecule has 0 aliphatic heterocycles. The van der Waals surface area contributed by atoms with Gasteiger partial charge in [-0.05, 0) is 38.8 Å². The van der Waals surface area contributed by atoms with E-state index in [2.05, 4.69) is 5.32 Å². The molecular weight excluding hydrogens is 152 g/mol. The Morgan fingerprint density at radius 1 is 1.42 bits per heavy atom. The molecular formula is C9H20N2O. The number of nitrogens with one attached hydrogen (secondary N) is 1. The Morgan fingerprint density at radius 2 is 2.17 bits per heavy atom. The van der Waals surface area contributed by atoms with Gasteiger partial charge in [0.1, 0.15) is 0 Å². The number of hydrogen-bond donors (Lipinski definition) is 2. The summed E-state index contributed by atoms with van der Waals surface area (Å²) in [6.45, 7) is 1.92. The molecule has 0 aromatic rings. The molecule has 1 fully saturated rings. The third-order valence-corrected chi connectivity index (χ3v) is 2.49. The van der Waals surface area contributed by atoms with Crippen LogP contribution in [-0.2, 0) is 4.74 Å². The molecule has 3 heteroatoms. The zero-order chi connectivity index (χ0) is 8.81. The fourth-order valence-corrected chi connectivity index (χ4v) is 1.50. The Labute approximate surface area is 74.7 Å². The quantitative estimate of drug-likeness (QED) is 0.573. The van der Waals surface area contributed by atoms with Crippen molar-refractivity contribution in [2.75, 3.05) is 20.2 Å². The number of methoxy groups -OCH3 is 1. The summed E-state index contributed by atoms with van der Waals surface area (Å²) in [6, 6.07) is 0.702. The molecule has 0 atom stereocenters. The van der Waals surface area contributed by atoms with Crippen LogP contribution in [-0.4, -0.2) is 32.3 Å². The molecule has 0 saturated heterocycles. The zero-order valence-corrected chi connectivity index (χ0v) is 7.88. The molecule has 0 aromatic carbocycles. The predicted molar refractivity (Wildman–Crippen MR) is 50.1 cm³/mol. The van der Waals surface area contributed by atoms with Gasteiger partial charge in [-0.15, -0.1) is 0 Å². The SMILES string of the molecule is COC1CC(NCCCCN)C1. The highest BCUT2D eigenvalue weighted by atomic mass is 16.5. The van der Waals surface area contributed by atoms with Gasteiger partial charge in [-0.25, -0.2) is 0 Å². The van der Waals surface area contributed by atoms with Crippen molar-refractivity contribution in [1.29, 1.82) is 0 Å². The Morgan fingerprint density at radius 3 is 2.75 bits per heavy atom. The van der Waals surface area contributed by atoms with Crippen molar-refractivity contribution in [3.8, 4) is 0 Å². The molecule has 0 bridgehead atoms. The van der Waals surface area contributed by atoms with Gasteiger partial charge < -0.3 is 15.8 Å². The van der Waals surface area contributed by atoms with Gasteiger partial charge in [0.05, 0.1) is 6.10 Å². The summed E-state index contributed by atoms with van der Waals surface area (Å²) < 4.78 is 5.18. The Hall–Kier alpha value is -0.120. The standard InChI is InChI=1S/C9H20N2O/c1-12-9-6-8(7-9)11-5-3-2-4-10/h8-9,11H,2-7,10H2,1H3. The molecule has 3 nitrogen and oxygen atoms in total. The smallest absolute Gasteiger partial charge is 0.0601 e. The van der Waals surface area contributed by atoms with E-state index in [1.807, 2.05) is 0 Å². The van der Waals surface area contributed by atoms with Gasteiger partial charge in [0.25, 0.3) is 0 Å². The van der Waals surface area contributed by atoms with Crippen LogP contribution in [0.2, 0.25) is 0 Å². The van der Waals surface area contributed by atoms with Crippen molar-refractivity contribution in [3.05, 3.63) is 0 Å². The van der Waals surface area contributed by atoms with E-state index in [-0.39, 0.29) is 0 Å². The fraction of sp³-hybridized carbons (Fsp3) is 1.00. The van der Waals surface area contributed by atoms with Crippen molar-refractivity contribution in [2.24, 2.45) is 5.73 Å². The molecule has 1 saturated carbocycles. The first-order valence-electron chi connectivity index (χ1n) is 4.83. The minimum absolute atomic E-state index is 0.511. The summed E-state index contributed by atoms with van der Waals surface area (Å²) in [5, 5.41) is 3.48. The maximum absolute atomic E-state index is 5.39. The molecule has 0 amide bonds. The maximum atomic E-state index is 5.39. The molecule has 0 unspecified atom stereocenters. The Kier molecular flexibility index (Phi) is 4.58. The summed E-state index contributed by atoms with van der Waals surface area (Å²) in [5.41, 5.74) is 5.39. The normalized spacial score (nSPS) is 28.5. The van der Waals surface area contributed by atoms with E-state index >= 15 is 0 Å². The van der Waals surface area contributed by atoms with Gasteiger partial charge in [-0.3, -0.25) is 0 Å². The molecule has 12 heavy (non-hydrogen) atoms. The van der Waals surface area contributed by atoms with Gasteiger partial charge in [-0.1, -0.05) is 0 Å². The van der Waals surface area contributed by atoms with Crippen molar-refractivity contribution in [2.45, 2.75) is 37.8 Å². The van der Waals surface area contributed by atoms with E-state index in [1.54, 1.807) is 7.11 Å². The lowest BCUT2D eigenvalue weighted by molar-refractivity contribution is 0.0175. The third-order valence-electron chi connectivity index (χ3n) is 2.49. The second-order valence-corrected chi connectivity index (χ2v) is 3.48. The molecule has 1 rings (SSSR count). The van der Waals surface area contributed by atoms with Crippen LogP contribution in [0.3, 0.4) is 0 Å². The molecule has 1 aliphatic rings. The van der Waals surface area contributed by atoms with Gasteiger partial charge in [-0.2, -0.15) is 0 Å². The minimum atomic E-state index is 0.511. The second-order valence-electron chi connectivity index (χ2n) is 3.48. The summed E-state index contributed by atoms with van der Waals surface area (Å²) in [6.07, 6.45) is 5.20. The number of ether oxygens (including phenoxy) is 1. The lowest BCUT2D eigenvalue weighted by Crippen LogP contribution is -2.45. The van der Waals surface area contributed by atoms with Crippen LogP contribution >= 0.6 is 0 Å². The van der Waals surface area contributed by atoms with E-state index in [4.69, 9.17) is 10.5 Å². The van der Waals surface area contributed by atoms with Gasteiger partial charge in [0.2, 0.25) is 0 Å². The highest BCUT2D eigenvalue weighted by molar-refractivity contribution is 4.85. The zero-order valence-electron chi connectivity index (χ0n) is 7.88. The first-order valence-corrected chi connectivity index (χ1v) is 4.83. The van der Waals surface area contributed by atoms with Crippen LogP contribution in [0.4, 0.5) is 0 Å². The molecule has 72 valence electrons. The highest BCUT2D eigenvalue weighted by Crippen LogP contribution is 2.22. The van der Waals surface area contributed by atoms with E-state index in [0.717, 1.165) is 19.5 Å². The van der Waals surface area contributed by atoms with Crippen molar-refractivity contribution in [3.63, 3.8) is 0 Å². The average Bonchev–Trinajstić information content (AvgIpc) is 2.01. The van der Waals surface area contributed by atoms with Crippen LogP contribution in [0, 0.1) is 0 Å². The minimum Gasteiger partial charge on any atom is -0.381 e. The van der Waals surface area contributed by atoms with E-state index < -0.39 is 0 Å². The Balaban J connectivity index is 1.83. The molecule has 0 heterocycles. The molecule has 3 N–H and O–H groups in total. The lowest BCUT2D eigenvalue weighted by atomic mass is 9.89. The maximum Gasteiger partial charge on any atom is 0.0601 e. The summed E-state index contributed by atoms with van der Waals surface area (Å²) in [4.78, 5) is 0. The fourth-order valence-electron chi connectivity index (χ4n) is 1.50. The third kappa shape index (κ3) is 3.09. The monoisotopic (exact) mass is 172 g/mol. The van der Waals surface area contributed by atoms with Crippen LogP contribution in [0.15, 0.2) is 0 Å². The van der Waals surface area contributed by atoms with Gasteiger partial charge in [0.15, 0.2) is 0 Å². The van der Waals surface area contributed by atoms with Crippen LogP contribution in [0.1, 0.15) is 25.7 Å². The number of hydrogen-bond acceptors (Lipinski definition) is 3. The van der Waals surface area contributed by atoms with Crippen LogP contribution in [0.25, 0.3) is 0 Å². The van der Waals surface area contributed by atoms with E-state index in [1.165, 1.54) is 19.3 Å². The Bertz CT molecular complexity index is 113. The van der Waals surface area contributed by atoms with Crippen molar-refractivity contribution < 1.29 is 4.74 Å². The van der Waals surface area contributed by atoms with Gasteiger partial charge >= 0.3 is 0 Å². The summed E-state index contributed by atoms with van der Waals surface area (Å²) in [7, 11) is 1.79. The number of unbranched alkanes of at least 4 members (excludes halogenated alkanes) is 1. The predicted octanol–water partition coefficient (Wildman–Crippen LogP) is 0.492. The van der Waals surface area contributed by atoms with E-state index in [9.17, 15) is 0 Å². The first kappa shape index (κ1) is 9.96. The average molecular weight is 172 g/mol. The molecule has 0 spiro atoms. The molecule has 0 aromatic heterocycles. The number of rotatable bonds is 6. The van der Waals surface area contributed by atoms with E-state index in [0.29, 0.717) is 12.1 Å². The largest absolute Gasteiger partial charge is 0.381 e. The van der Waals surface area contributed by atoms with Crippen molar-refractivity contribution in [1.82, 2.24) is 5.32 Å². The van der Waals surface area contributed by atoms with Gasteiger partial charge in [0, 0.05) is 13.2 Å². The van der Waals surface area contributed by atoms with Crippen LogP contribution in [0.5, 0.6) is 0 Å². The summed E-state index contributed by atoms with van der Waals surface area (Å²) >= 11 is 0. The molecule has 1 aliphatic carbocycles. The second kappa shape index (κ2) is 5.51. The topological polar surface area (TPSA) is 47.3 Å². The summed E-state index contributed by atoms with van der Waals surface area (Å²) in [5.74, 6) is 0. The lowest BCUT2D eigenvalue weighted by Gasteiger charge is -2.34. The molecule has 0 radical (unpaired) electrons. The van der Waals surface area contributed by atoms with Crippen molar-refractivity contribution >= 4 is 0 Å². The first-order chi connectivity index (χ1) is 5.86.